The first-order valence-electron chi connectivity index (χ1n) is 6.17. The average Bonchev–Trinajstić information content (AvgIpc) is 2.18. The summed E-state index contributed by atoms with van der Waals surface area (Å²) in [6.45, 7) is 4.73. The zero-order chi connectivity index (χ0) is 12.1. The molecule has 0 radical (unpaired) electrons. The topological polar surface area (TPSA) is 60.8 Å². The summed E-state index contributed by atoms with van der Waals surface area (Å²) in [5, 5.41) is 17.9. The highest BCUT2D eigenvalue weighted by Crippen LogP contribution is 2.28. The van der Waals surface area contributed by atoms with Crippen LogP contribution in [0.25, 0.3) is 0 Å². The predicted octanol–water partition coefficient (Wildman–Crippen LogP) is 1.33. The smallest absolute Gasteiger partial charge is 0.307 e. The minimum Gasteiger partial charge on any atom is -0.481 e. The van der Waals surface area contributed by atoms with Crippen molar-refractivity contribution in [3.8, 4) is 0 Å². The van der Waals surface area contributed by atoms with Crippen molar-refractivity contribution in [3.05, 3.63) is 0 Å². The van der Waals surface area contributed by atoms with Gasteiger partial charge in [-0.05, 0) is 26.2 Å². The molecule has 0 heterocycles. The number of rotatable bonds is 7. The van der Waals surface area contributed by atoms with Gasteiger partial charge in [0, 0.05) is 25.2 Å². The highest BCUT2D eigenvalue weighted by molar-refractivity contribution is 5.70. The van der Waals surface area contributed by atoms with Gasteiger partial charge in [0.05, 0.1) is 5.92 Å². The average molecular weight is 229 g/mol. The molecule has 1 rings (SSSR count). The van der Waals surface area contributed by atoms with Crippen LogP contribution in [0.2, 0.25) is 0 Å². The van der Waals surface area contributed by atoms with Gasteiger partial charge in [-0.1, -0.05) is 13.3 Å². The van der Waals surface area contributed by atoms with Gasteiger partial charge in [-0.15, -0.1) is 0 Å². The molecular weight excluding hydrogens is 206 g/mol. The van der Waals surface area contributed by atoms with E-state index >= 15 is 0 Å². The monoisotopic (exact) mass is 229 g/mol. The molecule has 0 aromatic rings. The fourth-order valence-corrected chi connectivity index (χ4v) is 2.18. The van der Waals surface area contributed by atoms with Gasteiger partial charge in [0.2, 0.25) is 0 Å². The summed E-state index contributed by atoms with van der Waals surface area (Å²) in [5.74, 6) is -1.08. The van der Waals surface area contributed by atoms with Crippen molar-refractivity contribution < 1.29 is 15.0 Å². The minimum absolute atomic E-state index is 0.0503. The van der Waals surface area contributed by atoms with E-state index in [-0.39, 0.29) is 18.6 Å². The van der Waals surface area contributed by atoms with E-state index in [2.05, 4.69) is 4.90 Å². The number of carboxylic acid groups (broad SMARTS) is 1. The lowest BCUT2D eigenvalue weighted by Gasteiger charge is -2.42. The van der Waals surface area contributed by atoms with Crippen LogP contribution in [0.4, 0.5) is 0 Å². The van der Waals surface area contributed by atoms with Crippen molar-refractivity contribution in [1.29, 1.82) is 0 Å². The van der Waals surface area contributed by atoms with Crippen LogP contribution in [0.15, 0.2) is 0 Å². The molecule has 0 spiro atoms. The van der Waals surface area contributed by atoms with Gasteiger partial charge in [0.1, 0.15) is 0 Å². The second-order valence-electron chi connectivity index (χ2n) is 4.77. The third-order valence-corrected chi connectivity index (χ3v) is 3.75. The van der Waals surface area contributed by atoms with Crippen molar-refractivity contribution in [1.82, 2.24) is 4.90 Å². The summed E-state index contributed by atoms with van der Waals surface area (Å²) in [5.41, 5.74) is 0. The van der Waals surface area contributed by atoms with E-state index in [4.69, 9.17) is 10.2 Å². The van der Waals surface area contributed by atoms with Crippen molar-refractivity contribution in [2.24, 2.45) is 5.92 Å². The largest absolute Gasteiger partial charge is 0.481 e. The Hall–Kier alpha value is -0.610. The van der Waals surface area contributed by atoms with Crippen molar-refractivity contribution in [2.75, 3.05) is 13.2 Å². The van der Waals surface area contributed by atoms with Crippen molar-refractivity contribution >= 4 is 5.97 Å². The second kappa shape index (κ2) is 6.21. The third-order valence-electron chi connectivity index (χ3n) is 3.75. The quantitative estimate of drug-likeness (QED) is 0.691. The standard InChI is InChI=1S/C12H23NO3/c1-9(12(15)16)10(2)13(7-4-8-14)11-5-3-6-11/h9-11,14H,3-8H2,1-2H3,(H,15,16). The molecule has 0 amide bonds. The van der Waals surface area contributed by atoms with E-state index in [0.29, 0.717) is 6.04 Å². The molecule has 4 heteroatoms. The predicted molar refractivity (Wildman–Crippen MR) is 62.3 cm³/mol. The summed E-state index contributed by atoms with van der Waals surface area (Å²) < 4.78 is 0. The number of aliphatic hydroxyl groups is 1. The first-order chi connectivity index (χ1) is 7.57. The first-order valence-corrected chi connectivity index (χ1v) is 6.17. The van der Waals surface area contributed by atoms with Crippen LogP contribution in [0.3, 0.4) is 0 Å². The number of hydrogen-bond acceptors (Lipinski definition) is 3. The molecule has 16 heavy (non-hydrogen) atoms. The molecule has 1 fully saturated rings. The molecule has 0 saturated heterocycles. The Bertz CT molecular complexity index is 228. The molecule has 0 aromatic heterocycles. The van der Waals surface area contributed by atoms with Crippen LogP contribution in [0.5, 0.6) is 0 Å². The van der Waals surface area contributed by atoms with E-state index in [1.165, 1.54) is 19.3 Å². The molecule has 2 N–H and O–H groups in total. The highest BCUT2D eigenvalue weighted by atomic mass is 16.4. The fraction of sp³-hybridized carbons (Fsp3) is 0.917. The number of nitrogens with zero attached hydrogens (tertiary/aromatic N) is 1. The molecule has 1 saturated carbocycles. The molecule has 94 valence electrons. The Morgan fingerprint density at radius 3 is 2.44 bits per heavy atom. The number of carboxylic acids is 1. The lowest BCUT2D eigenvalue weighted by molar-refractivity contribution is -0.144. The number of carbonyl (C=O) groups is 1. The Morgan fingerprint density at radius 1 is 1.44 bits per heavy atom. The molecule has 0 aromatic carbocycles. The summed E-state index contributed by atoms with van der Waals surface area (Å²) in [7, 11) is 0. The summed E-state index contributed by atoms with van der Waals surface area (Å²) in [6.07, 6.45) is 4.31. The van der Waals surface area contributed by atoms with Gasteiger partial charge in [0.25, 0.3) is 0 Å². The zero-order valence-electron chi connectivity index (χ0n) is 10.2. The molecule has 4 nitrogen and oxygen atoms in total. The summed E-state index contributed by atoms with van der Waals surface area (Å²) in [4.78, 5) is 13.2. The molecular formula is C12H23NO3. The molecule has 1 aliphatic rings. The Labute approximate surface area is 97.3 Å². The Kier molecular flexibility index (Phi) is 5.22. The van der Waals surface area contributed by atoms with E-state index in [0.717, 1.165) is 13.0 Å². The maximum Gasteiger partial charge on any atom is 0.307 e. The van der Waals surface area contributed by atoms with Gasteiger partial charge in [-0.25, -0.2) is 0 Å². The van der Waals surface area contributed by atoms with Crippen molar-refractivity contribution in [2.45, 2.75) is 51.6 Å². The fourth-order valence-electron chi connectivity index (χ4n) is 2.18. The van der Waals surface area contributed by atoms with Crippen LogP contribution in [-0.4, -0.2) is 46.3 Å². The molecule has 2 atom stereocenters. The van der Waals surface area contributed by atoms with E-state index in [1.807, 2.05) is 6.92 Å². The highest BCUT2D eigenvalue weighted by Gasteiger charge is 2.32. The molecule has 0 aliphatic heterocycles. The number of aliphatic hydroxyl groups excluding tert-OH is 1. The van der Waals surface area contributed by atoms with E-state index in [1.54, 1.807) is 6.92 Å². The summed E-state index contributed by atoms with van der Waals surface area (Å²) >= 11 is 0. The van der Waals surface area contributed by atoms with Gasteiger partial charge < -0.3 is 10.2 Å². The number of aliphatic carboxylic acids is 1. The minimum atomic E-state index is -0.735. The SMILES string of the molecule is CC(C(=O)O)C(C)N(CCCO)C1CCC1. The maximum atomic E-state index is 11.0. The maximum absolute atomic E-state index is 11.0. The van der Waals surface area contributed by atoms with Crippen LogP contribution in [0, 0.1) is 5.92 Å². The second-order valence-corrected chi connectivity index (χ2v) is 4.77. The Balaban J connectivity index is 2.55. The van der Waals surface area contributed by atoms with Gasteiger partial charge in [-0.2, -0.15) is 0 Å². The van der Waals surface area contributed by atoms with Crippen LogP contribution in [-0.2, 0) is 4.79 Å². The molecule has 0 bridgehead atoms. The van der Waals surface area contributed by atoms with Crippen LogP contribution < -0.4 is 0 Å². The zero-order valence-corrected chi connectivity index (χ0v) is 10.2. The molecule has 2 unspecified atom stereocenters. The van der Waals surface area contributed by atoms with Gasteiger partial charge in [0.15, 0.2) is 0 Å². The van der Waals surface area contributed by atoms with E-state index < -0.39 is 5.97 Å². The van der Waals surface area contributed by atoms with Gasteiger partial charge in [-0.3, -0.25) is 9.69 Å². The summed E-state index contributed by atoms with van der Waals surface area (Å²) in [6, 6.07) is 0.581. The number of hydrogen-bond donors (Lipinski definition) is 2. The normalized spacial score (nSPS) is 20.5. The van der Waals surface area contributed by atoms with Gasteiger partial charge >= 0.3 is 5.97 Å². The Morgan fingerprint density at radius 2 is 2.06 bits per heavy atom. The van der Waals surface area contributed by atoms with Crippen molar-refractivity contribution in [3.63, 3.8) is 0 Å². The van der Waals surface area contributed by atoms with E-state index in [9.17, 15) is 4.79 Å². The van der Waals surface area contributed by atoms with Crippen LogP contribution >= 0.6 is 0 Å². The lowest BCUT2D eigenvalue weighted by Crippen LogP contribution is -2.49. The third kappa shape index (κ3) is 3.19. The lowest BCUT2D eigenvalue weighted by atomic mass is 9.88. The first kappa shape index (κ1) is 13.5. The molecule has 1 aliphatic carbocycles. The van der Waals surface area contributed by atoms with Crippen LogP contribution in [0.1, 0.15) is 39.5 Å².